The standard InChI is InChI=1S/C20H20Cl2F3N7OS/c1-30-6-8-32(9-7-30)13-4-3-5-14(16(13)21)33-18-15(20(23,24)25)17(22)27-19(28-18)29-34-12-10-26-31(2)11-12/h3-5,10-11H,6-9H2,1-2H3,(H,27,28,29). The topological polar surface area (TPSA) is 71.3 Å². The number of rotatable bonds is 6. The molecular formula is C20H20Cl2F3N7OS. The summed E-state index contributed by atoms with van der Waals surface area (Å²) in [6.07, 6.45) is -1.56. The van der Waals surface area contributed by atoms with Gasteiger partial charge in [-0.2, -0.15) is 28.2 Å². The molecule has 1 fully saturated rings. The Bertz CT molecular complexity index is 1170. The van der Waals surface area contributed by atoms with Gasteiger partial charge in [-0.1, -0.05) is 29.3 Å². The van der Waals surface area contributed by atoms with E-state index in [0.29, 0.717) is 10.6 Å². The van der Waals surface area contributed by atoms with Crippen molar-refractivity contribution in [2.75, 3.05) is 42.8 Å². The first-order valence-electron chi connectivity index (χ1n) is 10.1. The van der Waals surface area contributed by atoms with E-state index in [9.17, 15) is 13.2 Å². The van der Waals surface area contributed by atoms with Crippen LogP contribution in [-0.2, 0) is 13.2 Å². The van der Waals surface area contributed by atoms with Crippen LogP contribution in [0.5, 0.6) is 11.6 Å². The predicted molar refractivity (Wildman–Crippen MR) is 126 cm³/mol. The predicted octanol–water partition coefficient (Wildman–Crippen LogP) is 5.20. The quantitative estimate of drug-likeness (QED) is 0.342. The van der Waals surface area contributed by atoms with Gasteiger partial charge in [0.05, 0.1) is 16.8 Å². The number of ether oxygens (including phenoxy) is 1. The highest BCUT2D eigenvalue weighted by Gasteiger charge is 2.40. The molecule has 14 heteroatoms. The van der Waals surface area contributed by atoms with E-state index in [1.807, 2.05) is 7.05 Å². The Morgan fingerprint density at radius 2 is 1.82 bits per heavy atom. The highest BCUT2D eigenvalue weighted by molar-refractivity contribution is 8.00. The first kappa shape index (κ1) is 24.7. The summed E-state index contributed by atoms with van der Waals surface area (Å²) in [6, 6.07) is 4.95. The molecule has 3 aromatic rings. The number of aromatic nitrogens is 4. The molecule has 0 spiro atoms. The zero-order valence-corrected chi connectivity index (χ0v) is 20.4. The van der Waals surface area contributed by atoms with E-state index >= 15 is 0 Å². The third-order valence-corrected chi connectivity index (χ3v) is 6.43. The highest BCUT2D eigenvalue weighted by atomic mass is 35.5. The molecule has 4 rings (SSSR count). The lowest BCUT2D eigenvalue weighted by Gasteiger charge is -2.34. The van der Waals surface area contributed by atoms with E-state index in [-0.39, 0.29) is 16.7 Å². The monoisotopic (exact) mass is 533 g/mol. The van der Waals surface area contributed by atoms with Gasteiger partial charge < -0.3 is 14.5 Å². The van der Waals surface area contributed by atoms with Gasteiger partial charge in [0, 0.05) is 39.4 Å². The van der Waals surface area contributed by atoms with Crippen LogP contribution in [0, 0.1) is 0 Å². The molecule has 1 aliphatic rings. The van der Waals surface area contributed by atoms with Crippen molar-refractivity contribution in [3.63, 3.8) is 0 Å². The van der Waals surface area contributed by atoms with Gasteiger partial charge in [-0.05, 0) is 31.1 Å². The zero-order chi connectivity index (χ0) is 24.5. The summed E-state index contributed by atoms with van der Waals surface area (Å²) in [5, 5.41) is 3.42. The average Bonchev–Trinajstić information content (AvgIpc) is 3.18. The molecule has 34 heavy (non-hydrogen) atoms. The number of hydrogen-bond donors (Lipinski definition) is 1. The summed E-state index contributed by atoms with van der Waals surface area (Å²) in [6.45, 7) is 3.13. The fraction of sp³-hybridized carbons (Fsp3) is 0.350. The number of nitrogens with zero attached hydrogens (tertiary/aromatic N) is 6. The number of piperazine rings is 1. The fourth-order valence-electron chi connectivity index (χ4n) is 3.30. The van der Waals surface area contributed by atoms with Crippen LogP contribution in [0.25, 0.3) is 0 Å². The van der Waals surface area contributed by atoms with Crippen molar-refractivity contribution >= 4 is 46.8 Å². The Labute approximate surface area is 208 Å². The molecule has 1 aromatic carbocycles. The van der Waals surface area contributed by atoms with Crippen molar-refractivity contribution in [2.45, 2.75) is 11.1 Å². The van der Waals surface area contributed by atoms with Crippen molar-refractivity contribution in [1.29, 1.82) is 0 Å². The van der Waals surface area contributed by atoms with E-state index in [1.165, 1.54) is 6.07 Å². The maximum atomic E-state index is 13.8. The normalized spacial score (nSPS) is 15.0. The second kappa shape index (κ2) is 10.1. The third-order valence-electron chi connectivity index (χ3n) is 5.05. The molecule has 0 amide bonds. The second-order valence-corrected chi connectivity index (χ2v) is 9.17. The van der Waals surface area contributed by atoms with Crippen molar-refractivity contribution in [2.24, 2.45) is 7.05 Å². The van der Waals surface area contributed by atoms with Gasteiger partial charge in [0.2, 0.25) is 11.8 Å². The lowest BCUT2D eigenvalue weighted by Crippen LogP contribution is -2.44. The van der Waals surface area contributed by atoms with Gasteiger partial charge in [0.15, 0.2) is 10.7 Å². The van der Waals surface area contributed by atoms with Crippen LogP contribution in [0.3, 0.4) is 0 Å². The number of aryl methyl sites for hydroxylation is 1. The van der Waals surface area contributed by atoms with Gasteiger partial charge in [-0.15, -0.1) is 0 Å². The van der Waals surface area contributed by atoms with Crippen molar-refractivity contribution in [1.82, 2.24) is 24.6 Å². The summed E-state index contributed by atoms with van der Waals surface area (Å²) < 4.78 is 51.3. The first-order chi connectivity index (χ1) is 16.1. The van der Waals surface area contributed by atoms with Crippen molar-refractivity contribution < 1.29 is 17.9 Å². The van der Waals surface area contributed by atoms with E-state index in [1.54, 1.807) is 36.3 Å². The Morgan fingerprint density at radius 1 is 1.09 bits per heavy atom. The SMILES string of the molecule is CN1CCN(c2cccc(Oc3nc(NSc4cnn(C)c4)nc(Cl)c3C(F)(F)F)c2Cl)CC1. The van der Waals surface area contributed by atoms with Gasteiger partial charge in [0.1, 0.15) is 10.8 Å². The largest absolute Gasteiger partial charge is 0.436 e. The minimum atomic E-state index is -4.84. The Hall–Kier alpha value is -2.41. The van der Waals surface area contributed by atoms with Gasteiger partial charge in [0.25, 0.3) is 0 Å². The molecule has 0 atom stereocenters. The van der Waals surface area contributed by atoms with Crippen LogP contribution in [0.4, 0.5) is 24.8 Å². The Kier molecular flexibility index (Phi) is 7.31. The first-order valence-corrected chi connectivity index (χ1v) is 11.6. The van der Waals surface area contributed by atoms with E-state index < -0.39 is 22.8 Å². The minimum Gasteiger partial charge on any atom is -0.436 e. The molecule has 0 unspecified atom stereocenters. The summed E-state index contributed by atoms with van der Waals surface area (Å²) in [7, 11) is 3.76. The number of anilines is 2. The van der Waals surface area contributed by atoms with Gasteiger partial charge in [-0.25, -0.2) is 0 Å². The van der Waals surface area contributed by atoms with E-state index in [4.69, 9.17) is 27.9 Å². The maximum Gasteiger partial charge on any atom is 0.424 e. The molecule has 0 saturated carbocycles. The van der Waals surface area contributed by atoms with Crippen LogP contribution < -0.4 is 14.4 Å². The molecule has 0 aliphatic carbocycles. The maximum absolute atomic E-state index is 13.8. The zero-order valence-electron chi connectivity index (χ0n) is 18.1. The molecule has 8 nitrogen and oxygen atoms in total. The molecule has 1 saturated heterocycles. The molecule has 182 valence electrons. The van der Waals surface area contributed by atoms with Gasteiger partial charge in [-0.3, -0.25) is 9.40 Å². The molecule has 1 N–H and O–H groups in total. The van der Waals surface area contributed by atoms with E-state index in [0.717, 1.165) is 38.1 Å². The van der Waals surface area contributed by atoms with Crippen molar-refractivity contribution in [3.8, 4) is 11.6 Å². The van der Waals surface area contributed by atoms with E-state index in [2.05, 4.69) is 29.6 Å². The van der Waals surface area contributed by atoms with Crippen LogP contribution >= 0.6 is 35.1 Å². The molecule has 0 radical (unpaired) electrons. The number of benzene rings is 1. The third kappa shape index (κ3) is 5.62. The fourth-order valence-corrected chi connectivity index (χ4v) is 4.46. The Balaban J connectivity index is 1.64. The summed E-state index contributed by atoms with van der Waals surface area (Å²) in [5.74, 6) is -0.878. The van der Waals surface area contributed by atoms with Crippen LogP contribution in [0.15, 0.2) is 35.5 Å². The smallest absolute Gasteiger partial charge is 0.424 e. The van der Waals surface area contributed by atoms with Gasteiger partial charge >= 0.3 is 6.18 Å². The highest BCUT2D eigenvalue weighted by Crippen LogP contribution is 2.44. The average molecular weight is 534 g/mol. The summed E-state index contributed by atoms with van der Waals surface area (Å²) >= 11 is 13.5. The molecular weight excluding hydrogens is 514 g/mol. The van der Waals surface area contributed by atoms with Crippen molar-refractivity contribution in [3.05, 3.63) is 46.3 Å². The summed E-state index contributed by atoms with van der Waals surface area (Å²) in [4.78, 5) is 12.6. The number of likely N-dealkylation sites (N-methyl/N-ethyl adjacent to an activating group) is 1. The lowest BCUT2D eigenvalue weighted by atomic mass is 10.2. The van der Waals surface area contributed by atoms with Crippen LogP contribution in [0.1, 0.15) is 5.56 Å². The lowest BCUT2D eigenvalue weighted by molar-refractivity contribution is -0.139. The number of alkyl halides is 3. The number of halogens is 5. The summed E-state index contributed by atoms with van der Waals surface area (Å²) in [5.41, 5.74) is -0.612. The Morgan fingerprint density at radius 3 is 2.47 bits per heavy atom. The van der Waals surface area contributed by atoms with Crippen LogP contribution in [-0.4, -0.2) is 57.9 Å². The number of nitrogens with one attached hydrogen (secondary N) is 1. The van der Waals surface area contributed by atoms with Crippen LogP contribution in [0.2, 0.25) is 10.2 Å². The molecule has 2 aromatic heterocycles. The molecule has 0 bridgehead atoms. The molecule has 1 aliphatic heterocycles. The minimum absolute atomic E-state index is 0.0317. The molecule has 3 heterocycles. The second-order valence-electron chi connectivity index (χ2n) is 7.55. The number of hydrogen-bond acceptors (Lipinski definition) is 8.